The van der Waals surface area contributed by atoms with Crippen LogP contribution in [0.5, 0.6) is 0 Å². The van der Waals surface area contributed by atoms with E-state index in [0.717, 1.165) is 19.3 Å². The molecule has 31 heavy (non-hydrogen) atoms. The number of aryl methyl sites for hydroxylation is 2. The number of carbonyl (C=O) groups is 2. The van der Waals surface area contributed by atoms with Crippen molar-refractivity contribution in [3.05, 3.63) is 58.1 Å². The van der Waals surface area contributed by atoms with Gasteiger partial charge in [0.1, 0.15) is 0 Å². The van der Waals surface area contributed by atoms with Gasteiger partial charge in [0.25, 0.3) is 5.91 Å². The Labute approximate surface area is 187 Å². The number of halogens is 1. The maximum Gasteiger partial charge on any atom is 0.340 e. The van der Waals surface area contributed by atoms with Crippen LogP contribution in [0.15, 0.2) is 41.3 Å². The highest BCUT2D eigenvalue weighted by atomic mass is 35.5. The normalized spacial score (nSPS) is 13.2. The summed E-state index contributed by atoms with van der Waals surface area (Å²) in [7, 11) is -3.76. The molecular formula is C22H25ClN2O5S. The second-order valence-corrected chi connectivity index (χ2v) is 9.54. The molecule has 1 amide bonds. The van der Waals surface area contributed by atoms with Crippen molar-refractivity contribution >= 4 is 39.2 Å². The van der Waals surface area contributed by atoms with Gasteiger partial charge in [0.15, 0.2) is 6.61 Å². The lowest BCUT2D eigenvalue weighted by atomic mass is 10.1. The van der Waals surface area contributed by atoms with Crippen LogP contribution in [-0.2, 0) is 32.4 Å². The van der Waals surface area contributed by atoms with E-state index in [-0.39, 0.29) is 15.5 Å². The van der Waals surface area contributed by atoms with Gasteiger partial charge in [-0.2, -0.15) is 4.31 Å². The number of sulfonamides is 1. The van der Waals surface area contributed by atoms with E-state index in [2.05, 4.69) is 5.32 Å². The molecule has 9 heteroatoms. The zero-order valence-corrected chi connectivity index (χ0v) is 19.1. The third-order valence-electron chi connectivity index (χ3n) is 5.22. The number of nitrogens with zero attached hydrogens (tertiary/aromatic N) is 1. The Balaban J connectivity index is 1.67. The maximum atomic E-state index is 12.7. The molecule has 0 saturated heterocycles. The SMILES string of the molecule is CCN(CC)S(=O)(=O)c1ccc(Cl)c(C(=O)OCC(=O)Nc2ccc3c(c2)CCC3)c1. The number of rotatable bonds is 8. The molecule has 0 atom stereocenters. The van der Waals surface area contributed by atoms with Gasteiger partial charge < -0.3 is 10.1 Å². The molecule has 166 valence electrons. The summed E-state index contributed by atoms with van der Waals surface area (Å²) >= 11 is 6.08. The molecule has 3 rings (SSSR count). The van der Waals surface area contributed by atoms with Crippen molar-refractivity contribution in [2.75, 3.05) is 25.0 Å². The van der Waals surface area contributed by atoms with Crippen LogP contribution in [0, 0.1) is 0 Å². The summed E-state index contributed by atoms with van der Waals surface area (Å²) in [6.45, 7) is 3.53. The number of esters is 1. The standard InChI is InChI=1S/C22H25ClN2O5S/c1-3-25(4-2)31(28,29)18-10-11-20(23)19(13-18)22(27)30-14-21(26)24-17-9-8-15-6-5-7-16(15)12-17/h8-13H,3-7,14H2,1-2H3,(H,24,26). The number of fused-ring (bicyclic) bond motifs is 1. The minimum atomic E-state index is -3.76. The summed E-state index contributed by atoms with van der Waals surface area (Å²) in [5.41, 5.74) is 3.04. The van der Waals surface area contributed by atoms with Crippen molar-refractivity contribution in [3.8, 4) is 0 Å². The molecule has 0 radical (unpaired) electrons. The molecular weight excluding hydrogens is 440 g/mol. The fourth-order valence-corrected chi connectivity index (χ4v) is 5.27. The largest absolute Gasteiger partial charge is 0.452 e. The lowest BCUT2D eigenvalue weighted by Crippen LogP contribution is -2.30. The van der Waals surface area contributed by atoms with E-state index in [1.54, 1.807) is 13.8 Å². The predicted molar refractivity (Wildman–Crippen MR) is 119 cm³/mol. The van der Waals surface area contributed by atoms with Gasteiger partial charge in [-0.05, 0) is 60.7 Å². The van der Waals surface area contributed by atoms with Crippen molar-refractivity contribution < 1.29 is 22.7 Å². The zero-order valence-electron chi connectivity index (χ0n) is 17.5. The second-order valence-electron chi connectivity index (χ2n) is 7.19. The summed E-state index contributed by atoms with van der Waals surface area (Å²) in [5, 5.41) is 2.75. The van der Waals surface area contributed by atoms with Gasteiger partial charge in [-0.3, -0.25) is 4.79 Å². The summed E-state index contributed by atoms with van der Waals surface area (Å²) in [6, 6.07) is 9.59. The number of ether oxygens (including phenoxy) is 1. The highest BCUT2D eigenvalue weighted by Crippen LogP contribution is 2.25. The van der Waals surface area contributed by atoms with Crippen molar-refractivity contribution in [1.82, 2.24) is 4.31 Å². The molecule has 1 aliphatic rings. The fraction of sp³-hybridized carbons (Fsp3) is 0.364. The van der Waals surface area contributed by atoms with E-state index in [0.29, 0.717) is 18.8 Å². The Kier molecular flexibility index (Phi) is 7.35. The summed E-state index contributed by atoms with van der Waals surface area (Å²) in [5.74, 6) is -1.36. The van der Waals surface area contributed by atoms with Crippen LogP contribution >= 0.6 is 11.6 Å². The minimum Gasteiger partial charge on any atom is -0.452 e. The first-order valence-corrected chi connectivity index (χ1v) is 12.0. The molecule has 1 N–H and O–H groups in total. The summed E-state index contributed by atoms with van der Waals surface area (Å²) < 4.78 is 31.7. The molecule has 0 fully saturated rings. The zero-order chi connectivity index (χ0) is 22.6. The van der Waals surface area contributed by atoms with Crippen molar-refractivity contribution in [2.24, 2.45) is 0 Å². The summed E-state index contributed by atoms with van der Waals surface area (Å²) in [4.78, 5) is 24.6. The van der Waals surface area contributed by atoms with Crippen molar-refractivity contribution in [3.63, 3.8) is 0 Å². The molecule has 0 spiro atoms. The first-order chi connectivity index (χ1) is 14.8. The topological polar surface area (TPSA) is 92.8 Å². The molecule has 0 saturated carbocycles. The Morgan fingerprint density at radius 3 is 2.48 bits per heavy atom. The van der Waals surface area contributed by atoms with Gasteiger partial charge in [0.2, 0.25) is 10.0 Å². The first-order valence-electron chi connectivity index (χ1n) is 10.1. The van der Waals surface area contributed by atoms with Crippen LogP contribution < -0.4 is 5.32 Å². The lowest BCUT2D eigenvalue weighted by molar-refractivity contribution is -0.119. The van der Waals surface area contributed by atoms with Gasteiger partial charge in [0.05, 0.1) is 15.5 Å². The van der Waals surface area contributed by atoms with Crippen LogP contribution in [0.1, 0.15) is 41.8 Å². The smallest absolute Gasteiger partial charge is 0.340 e. The average molecular weight is 465 g/mol. The van der Waals surface area contributed by atoms with Gasteiger partial charge in [-0.1, -0.05) is 31.5 Å². The van der Waals surface area contributed by atoms with E-state index in [9.17, 15) is 18.0 Å². The van der Waals surface area contributed by atoms with Gasteiger partial charge in [0, 0.05) is 18.8 Å². The Bertz CT molecular complexity index is 1100. The number of carbonyl (C=O) groups excluding carboxylic acids is 2. The lowest BCUT2D eigenvalue weighted by Gasteiger charge is -2.19. The number of hydrogen-bond donors (Lipinski definition) is 1. The third kappa shape index (κ3) is 5.26. The number of benzene rings is 2. The number of amides is 1. The predicted octanol–water partition coefficient (Wildman–Crippen LogP) is 3.65. The van der Waals surface area contributed by atoms with E-state index in [1.807, 2.05) is 18.2 Å². The number of hydrogen-bond acceptors (Lipinski definition) is 5. The monoisotopic (exact) mass is 464 g/mol. The third-order valence-corrected chi connectivity index (χ3v) is 7.59. The fourth-order valence-electron chi connectivity index (χ4n) is 3.59. The van der Waals surface area contributed by atoms with E-state index in [4.69, 9.17) is 16.3 Å². The van der Waals surface area contributed by atoms with Crippen molar-refractivity contribution in [2.45, 2.75) is 38.0 Å². The molecule has 2 aromatic rings. The quantitative estimate of drug-likeness (QED) is 0.602. The van der Waals surface area contributed by atoms with Crippen LogP contribution in [0.4, 0.5) is 5.69 Å². The highest BCUT2D eigenvalue weighted by Gasteiger charge is 2.24. The van der Waals surface area contributed by atoms with Crippen LogP contribution in [0.25, 0.3) is 0 Å². The van der Waals surface area contributed by atoms with Gasteiger partial charge in [-0.25, -0.2) is 13.2 Å². The Morgan fingerprint density at radius 2 is 1.77 bits per heavy atom. The highest BCUT2D eigenvalue weighted by molar-refractivity contribution is 7.89. The molecule has 0 aliphatic heterocycles. The van der Waals surface area contributed by atoms with E-state index >= 15 is 0 Å². The minimum absolute atomic E-state index is 0.0440. The number of anilines is 1. The molecule has 2 aromatic carbocycles. The molecule has 1 aliphatic carbocycles. The van der Waals surface area contributed by atoms with Crippen LogP contribution in [0.3, 0.4) is 0 Å². The Morgan fingerprint density at radius 1 is 1.06 bits per heavy atom. The van der Waals surface area contributed by atoms with E-state index < -0.39 is 28.5 Å². The molecule has 0 heterocycles. The van der Waals surface area contributed by atoms with Crippen LogP contribution in [-0.4, -0.2) is 44.3 Å². The van der Waals surface area contributed by atoms with Crippen LogP contribution in [0.2, 0.25) is 5.02 Å². The molecule has 0 aromatic heterocycles. The van der Waals surface area contributed by atoms with Gasteiger partial charge >= 0.3 is 5.97 Å². The first kappa shape index (κ1) is 23.2. The average Bonchev–Trinajstić information content (AvgIpc) is 3.20. The van der Waals surface area contributed by atoms with Gasteiger partial charge in [-0.15, -0.1) is 0 Å². The maximum absolute atomic E-state index is 12.7. The van der Waals surface area contributed by atoms with Crippen molar-refractivity contribution in [1.29, 1.82) is 0 Å². The Hall–Kier alpha value is -2.42. The molecule has 0 bridgehead atoms. The van der Waals surface area contributed by atoms with E-state index in [1.165, 1.54) is 33.6 Å². The molecule has 7 nitrogen and oxygen atoms in total. The summed E-state index contributed by atoms with van der Waals surface area (Å²) in [6.07, 6.45) is 3.14. The number of nitrogens with one attached hydrogen (secondary N) is 1. The second kappa shape index (κ2) is 9.80. The molecule has 0 unspecified atom stereocenters.